The molecule has 0 saturated heterocycles. The zero-order chi connectivity index (χ0) is 17.8. The molecule has 0 radical (unpaired) electrons. The number of hydrogen-bond donors (Lipinski definition) is 3. The third kappa shape index (κ3) is 4.53. The maximum atomic E-state index is 12.5. The van der Waals surface area contributed by atoms with E-state index < -0.39 is 0 Å². The molecule has 1 aliphatic carbocycles. The Balaban J connectivity index is 0.00000243. The third-order valence-electron chi connectivity index (χ3n) is 4.95. The van der Waals surface area contributed by atoms with Gasteiger partial charge >= 0.3 is 0 Å². The molecule has 2 aliphatic rings. The number of amides is 3. The number of carbonyl (C=O) groups excluding carboxylic acids is 3. The van der Waals surface area contributed by atoms with Crippen LogP contribution < -0.4 is 21.3 Å². The molecule has 142 valence electrons. The Morgan fingerprint density at radius 2 is 2.00 bits per heavy atom. The van der Waals surface area contributed by atoms with Crippen LogP contribution in [-0.4, -0.2) is 36.9 Å². The van der Waals surface area contributed by atoms with E-state index in [1.807, 2.05) is 6.07 Å². The topological polar surface area (TPSA) is 105 Å². The van der Waals surface area contributed by atoms with Gasteiger partial charge < -0.3 is 21.3 Å². The Morgan fingerprint density at radius 1 is 1.23 bits per heavy atom. The molecule has 0 spiro atoms. The first-order valence-corrected chi connectivity index (χ1v) is 8.77. The van der Waals surface area contributed by atoms with E-state index in [9.17, 15) is 14.4 Å². The lowest BCUT2D eigenvalue weighted by Crippen LogP contribution is -2.43. The van der Waals surface area contributed by atoms with Crippen molar-refractivity contribution in [3.63, 3.8) is 0 Å². The van der Waals surface area contributed by atoms with Gasteiger partial charge in [-0.2, -0.15) is 0 Å². The number of para-hydroxylation sites is 2. The first kappa shape index (κ1) is 20.2. The molecule has 2 atom stereocenters. The average Bonchev–Trinajstić information content (AvgIpc) is 3.06. The van der Waals surface area contributed by atoms with Crippen molar-refractivity contribution in [1.29, 1.82) is 0 Å². The van der Waals surface area contributed by atoms with Gasteiger partial charge in [0.2, 0.25) is 17.7 Å². The molecule has 26 heavy (non-hydrogen) atoms. The van der Waals surface area contributed by atoms with Crippen LogP contribution in [0.1, 0.15) is 32.1 Å². The summed E-state index contributed by atoms with van der Waals surface area (Å²) >= 11 is 0. The zero-order valence-corrected chi connectivity index (χ0v) is 15.4. The summed E-state index contributed by atoms with van der Waals surface area (Å²) in [6, 6.07) is 7.28. The van der Waals surface area contributed by atoms with Gasteiger partial charge in [0.05, 0.1) is 11.4 Å². The zero-order valence-electron chi connectivity index (χ0n) is 14.6. The van der Waals surface area contributed by atoms with Crippen molar-refractivity contribution in [2.24, 2.45) is 11.7 Å². The Morgan fingerprint density at radius 3 is 2.77 bits per heavy atom. The van der Waals surface area contributed by atoms with Gasteiger partial charge in [-0.05, 0) is 37.4 Å². The van der Waals surface area contributed by atoms with Crippen LogP contribution in [0, 0.1) is 5.92 Å². The van der Waals surface area contributed by atoms with Crippen LogP contribution in [-0.2, 0) is 14.4 Å². The van der Waals surface area contributed by atoms with Crippen molar-refractivity contribution >= 4 is 41.5 Å². The quantitative estimate of drug-likeness (QED) is 0.718. The Bertz CT molecular complexity index is 682. The van der Waals surface area contributed by atoms with Gasteiger partial charge in [-0.25, -0.2) is 0 Å². The van der Waals surface area contributed by atoms with E-state index in [-0.39, 0.29) is 55.6 Å². The molecule has 2 unspecified atom stereocenters. The molecule has 1 heterocycles. The van der Waals surface area contributed by atoms with Crippen molar-refractivity contribution in [2.45, 2.75) is 38.1 Å². The molecule has 8 heteroatoms. The van der Waals surface area contributed by atoms with Gasteiger partial charge in [0, 0.05) is 18.9 Å². The van der Waals surface area contributed by atoms with E-state index in [1.54, 1.807) is 18.2 Å². The highest BCUT2D eigenvalue weighted by molar-refractivity contribution is 6.10. The van der Waals surface area contributed by atoms with Crippen LogP contribution in [0.25, 0.3) is 0 Å². The molecule has 1 fully saturated rings. The minimum absolute atomic E-state index is 0. The summed E-state index contributed by atoms with van der Waals surface area (Å²) in [4.78, 5) is 37.9. The lowest BCUT2D eigenvalue weighted by Gasteiger charge is -2.29. The normalized spacial score (nSPS) is 21.4. The number of hydrogen-bond acceptors (Lipinski definition) is 4. The maximum absolute atomic E-state index is 12.5. The second kappa shape index (κ2) is 9.00. The number of nitrogens with two attached hydrogens (primary N) is 1. The second-order valence-electron chi connectivity index (χ2n) is 6.65. The van der Waals surface area contributed by atoms with Gasteiger partial charge in [0.25, 0.3) is 0 Å². The molecule has 0 bridgehead atoms. The molecular formula is C18H25ClN4O3. The molecule has 0 aromatic heterocycles. The third-order valence-corrected chi connectivity index (χ3v) is 4.95. The van der Waals surface area contributed by atoms with Crippen LogP contribution in [0.5, 0.6) is 0 Å². The van der Waals surface area contributed by atoms with Crippen molar-refractivity contribution in [1.82, 2.24) is 5.32 Å². The van der Waals surface area contributed by atoms with Crippen LogP contribution in [0.15, 0.2) is 24.3 Å². The Hall–Kier alpha value is -2.12. The molecular weight excluding hydrogens is 356 g/mol. The summed E-state index contributed by atoms with van der Waals surface area (Å²) < 4.78 is 0. The van der Waals surface area contributed by atoms with E-state index in [0.717, 1.165) is 19.3 Å². The molecule has 3 amide bonds. The second-order valence-corrected chi connectivity index (χ2v) is 6.65. The first-order valence-electron chi connectivity index (χ1n) is 8.77. The highest BCUT2D eigenvalue weighted by Gasteiger charge is 2.29. The number of carbonyl (C=O) groups is 3. The highest BCUT2D eigenvalue weighted by atomic mass is 35.5. The number of nitrogens with one attached hydrogen (secondary N) is 2. The monoisotopic (exact) mass is 380 g/mol. The summed E-state index contributed by atoms with van der Waals surface area (Å²) in [6.45, 7) is 0.554. The number of nitrogens with zero attached hydrogens (tertiary/aromatic N) is 1. The fraction of sp³-hybridized carbons (Fsp3) is 0.500. The van der Waals surface area contributed by atoms with E-state index in [2.05, 4.69) is 10.6 Å². The van der Waals surface area contributed by atoms with Crippen LogP contribution in [0.2, 0.25) is 0 Å². The van der Waals surface area contributed by atoms with Gasteiger partial charge in [-0.1, -0.05) is 18.6 Å². The van der Waals surface area contributed by atoms with Gasteiger partial charge in [-0.3, -0.25) is 14.4 Å². The number of benzene rings is 1. The standard InChI is InChI=1S/C18H24N4O3.ClH/c19-10-12-4-3-6-13(12)20-16(23)8-9-18(25)22-11-17(24)21-14-5-1-2-7-15(14)22;/h1-2,5,7,12-13H,3-4,6,8-11,19H2,(H,20,23)(H,21,24);1H. The molecule has 1 saturated carbocycles. The average molecular weight is 381 g/mol. The van der Waals surface area contributed by atoms with Crippen LogP contribution >= 0.6 is 12.4 Å². The summed E-state index contributed by atoms with van der Waals surface area (Å²) in [7, 11) is 0. The highest BCUT2D eigenvalue weighted by Crippen LogP contribution is 2.29. The lowest BCUT2D eigenvalue weighted by molar-refractivity contribution is -0.126. The SMILES string of the molecule is Cl.NCC1CCCC1NC(=O)CCC(=O)N1CC(=O)Nc2ccccc21. The molecule has 4 N–H and O–H groups in total. The Labute approximate surface area is 159 Å². The lowest BCUT2D eigenvalue weighted by atomic mass is 10.0. The summed E-state index contributed by atoms with van der Waals surface area (Å²) in [6.07, 6.45) is 3.26. The summed E-state index contributed by atoms with van der Waals surface area (Å²) in [5.74, 6) is -0.252. The van der Waals surface area contributed by atoms with Crippen molar-refractivity contribution in [2.75, 3.05) is 23.3 Å². The first-order chi connectivity index (χ1) is 12.1. The largest absolute Gasteiger partial charge is 0.353 e. The van der Waals surface area contributed by atoms with E-state index in [4.69, 9.17) is 5.73 Å². The van der Waals surface area contributed by atoms with Crippen LogP contribution in [0.3, 0.4) is 0 Å². The summed E-state index contributed by atoms with van der Waals surface area (Å²) in [5.41, 5.74) is 7.02. The number of anilines is 2. The molecule has 1 aromatic rings. The number of halogens is 1. The number of rotatable bonds is 5. The molecule has 1 aromatic carbocycles. The molecule has 1 aliphatic heterocycles. The minimum Gasteiger partial charge on any atom is -0.353 e. The van der Waals surface area contributed by atoms with Gasteiger partial charge in [0.15, 0.2) is 0 Å². The van der Waals surface area contributed by atoms with Gasteiger partial charge in [-0.15, -0.1) is 12.4 Å². The van der Waals surface area contributed by atoms with Crippen LogP contribution in [0.4, 0.5) is 11.4 Å². The molecule has 3 rings (SSSR count). The fourth-order valence-corrected chi connectivity index (χ4v) is 3.60. The maximum Gasteiger partial charge on any atom is 0.244 e. The predicted molar refractivity (Wildman–Crippen MR) is 102 cm³/mol. The fourth-order valence-electron chi connectivity index (χ4n) is 3.60. The van der Waals surface area contributed by atoms with Crippen molar-refractivity contribution in [3.8, 4) is 0 Å². The van der Waals surface area contributed by atoms with E-state index >= 15 is 0 Å². The molecule has 7 nitrogen and oxygen atoms in total. The predicted octanol–water partition coefficient (Wildman–Crippen LogP) is 1.42. The Kier molecular flexibility index (Phi) is 6.99. The van der Waals surface area contributed by atoms with E-state index in [1.165, 1.54) is 4.90 Å². The van der Waals surface area contributed by atoms with Crippen molar-refractivity contribution < 1.29 is 14.4 Å². The minimum atomic E-state index is -0.228. The van der Waals surface area contributed by atoms with Crippen molar-refractivity contribution in [3.05, 3.63) is 24.3 Å². The van der Waals surface area contributed by atoms with E-state index in [0.29, 0.717) is 23.8 Å². The number of fused-ring (bicyclic) bond motifs is 1. The van der Waals surface area contributed by atoms with Gasteiger partial charge in [0.1, 0.15) is 6.54 Å². The smallest absolute Gasteiger partial charge is 0.244 e. The summed E-state index contributed by atoms with van der Waals surface area (Å²) in [5, 5.41) is 5.74.